The summed E-state index contributed by atoms with van der Waals surface area (Å²) < 4.78 is 0. The maximum atomic E-state index is 9.56. The lowest BCUT2D eigenvalue weighted by molar-refractivity contribution is 0.0631. The number of nitrogens with one attached hydrogen (secondary N) is 1. The smallest absolute Gasteiger partial charge is 0.108 e. The minimum atomic E-state index is -0.266. The molecule has 2 fully saturated rings. The van der Waals surface area contributed by atoms with E-state index in [9.17, 15) is 5.26 Å². The molecule has 1 heterocycles. The summed E-state index contributed by atoms with van der Waals surface area (Å²) in [4.78, 5) is 5.20. The highest BCUT2D eigenvalue weighted by Crippen LogP contribution is 2.31. The summed E-state index contributed by atoms with van der Waals surface area (Å²) in [6.45, 7) is 11.2. The van der Waals surface area contributed by atoms with Gasteiger partial charge in [-0.2, -0.15) is 5.26 Å². The van der Waals surface area contributed by atoms with Crippen LogP contribution >= 0.6 is 0 Å². The van der Waals surface area contributed by atoms with E-state index in [1.807, 2.05) is 0 Å². The summed E-state index contributed by atoms with van der Waals surface area (Å²) in [7, 11) is 0. The Balaban J connectivity index is 1.88. The molecule has 0 bridgehead atoms. The Kier molecular flexibility index (Phi) is 5.83. The zero-order chi connectivity index (χ0) is 14.4. The molecule has 0 spiro atoms. The average Bonchev–Trinajstić information content (AvgIpc) is 2.49. The van der Waals surface area contributed by atoms with Crippen LogP contribution in [0.2, 0.25) is 0 Å². The Hall–Kier alpha value is -0.630. The fraction of sp³-hybridized carbons (Fsp3) is 0.938. The third kappa shape index (κ3) is 3.72. The molecule has 4 nitrogen and oxygen atoms in total. The third-order valence-corrected chi connectivity index (χ3v) is 4.92. The van der Waals surface area contributed by atoms with Crippen molar-refractivity contribution in [2.24, 2.45) is 0 Å². The summed E-state index contributed by atoms with van der Waals surface area (Å²) in [6, 6.07) is 3.17. The second-order valence-electron chi connectivity index (χ2n) is 6.35. The zero-order valence-electron chi connectivity index (χ0n) is 13.2. The van der Waals surface area contributed by atoms with Crippen LogP contribution in [-0.4, -0.2) is 60.6 Å². The quantitative estimate of drug-likeness (QED) is 0.833. The minimum absolute atomic E-state index is 0.266. The first-order valence-electron chi connectivity index (χ1n) is 8.35. The number of piperazine rings is 1. The van der Waals surface area contributed by atoms with Crippen molar-refractivity contribution in [2.75, 3.05) is 39.3 Å². The molecule has 4 heteroatoms. The van der Waals surface area contributed by atoms with Gasteiger partial charge in [0.05, 0.1) is 6.07 Å². The summed E-state index contributed by atoms with van der Waals surface area (Å²) in [5.74, 6) is 0. The van der Waals surface area contributed by atoms with Gasteiger partial charge in [0.2, 0.25) is 0 Å². The Morgan fingerprint density at radius 1 is 1.25 bits per heavy atom. The molecule has 2 rings (SSSR count). The molecule has 2 unspecified atom stereocenters. The van der Waals surface area contributed by atoms with Gasteiger partial charge in [-0.3, -0.25) is 10.2 Å². The van der Waals surface area contributed by atoms with E-state index in [0.29, 0.717) is 6.04 Å². The van der Waals surface area contributed by atoms with Crippen molar-refractivity contribution in [1.82, 2.24) is 15.1 Å². The molecule has 2 atom stereocenters. The lowest BCUT2D eigenvalue weighted by atomic mass is 9.79. The summed E-state index contributed by atoms with van der Waals surface area (Å²) >= 11 is 0. The second kappa shape index (κ2) is 7.40. The molecule has 114 valence electrons. The molecular weight excluding hydrogens is 248 g/mol. The van der Waals surface area contributed by atoms with E-state index in [2.05, 4.69) is 35.0 Å². The Bertz CT molecular complexity index is 326. The van der Waals surface area contributed by atoms with Gasteiger partial charge >= 0.3 is 0 Å². The van der Waals surface area contributed by atoms with Crippen molar-refractivity contribution in [3.05, 3.63) is 0 Å². The molecule has 1 saturated carbocycles. The van der Waals surface area contributed by atoms with Crippen molar-refractivity contribution in [3.8, 4) is 6.07 Å². The largest absolute Gasteiger partial charge is 0.301 e. The predicted octanol–water partition coefficient (Wildman–Crippen LogP) is 1.83. The first-order valence-corrected chi connectivity index (χ1v) is 8.35. The van der Waals surface area contributed by atoms with Crippen LogP contribution < -0.4 is 5.32 Å². The molecule has 1 saturated heterocycles. The van der Waals surface area contributed by atoms with Gasteiger partial charge in [-0.1, -0.05) is 13.8 Å². The van der Waals surface area contributed by atoms with Crippen LogP contribution in [0.15, 0.2) is 0 Å². The van der Waals surface area contributed by atoms with Crippen molar-refractivity contribution >= 4 is 0 Å². The van der Waals surface area contributed by atoms with E-state index in [1.54, 1.807) is 0 Å². The highest BCUT2D eigenvalue weighted by Gasteiger charge is 2.38. The van der Waals surface area contributed by atoms with Gasteiger partial charge < -0.3 is 4.90 Å². The van der Waals surface area contributed by atoms with E-state index in [0.717, 1.165) is 19.4 Å². The Morgan fingerprint density at radius 2 is 2.00 bits per heavy atom. The molecule has 20 heavy (non-hydrogen) atoms. The summed E-state index contributed by atoms with van der Waals surface area (Å²) in [5, 5.41) is 13.0. The van der Waals surface area contributed by atoms with Gasteiger partial charge in [0, 0.05) is 32.2 Å². The number of hydrogen-bond acceptors (Lipinski definition) is 4. The maximum absolute atomic E-state index is 9.56. The molecule has 0 aromatic rings. The SMILES string of the molecule is CCCN1CCN(C2CCCC(C#N)(NCC)C2)CC1. The van der Waals surface area contributed by atoms with Gasteiger partial charge in [-0.15, -0.1) is 0 Å². The summed E-state index contributed by atoms with van der Waals surface area (Å²) in [5.41, 5.74) is -0.266. The maximum Gasteiger partial charge on any atom is 0.108 e. The molecule has 1 aliphatic heterocycles. The molecule has 0 amide bonds. The van der Waals surface area contributed by atoms with Crippen LogP contribution in [0, 0.1) is 11.3 Å². The fourth-order valence-electron chi connectivity index (χ4n) is 3.87. The van der Waals surface area contributed by atoms with E-state index in [4.69, 9.17) is 0 Å². The standard InChI is InChI=1S/C16H30N4/c1-3-8-19-9-11-20(12-10-19)15-6-5-7-16(13-15,14-17)18-4-2/h15,18H,3-13H2,1-2H3. The topological polar surface area (TPSA) is 42.3 Å². The van der Waals surface area contributed by atoms with E-state index in [1.165, 1.54) is 52.0 Å². The van der Waals surface area contributed by atoms with Crippen LogP contribution in [-0.2, 0) is 0 Å². The lowest BCUT2D eigenvalue weighted by Gasteiger charge is -2.44. The molecular formula is C16H30N4. The molecule has 0 radical (unpaired) electrons. The van der Waals surface area contributed by atoms with Crippen LogP contribution in [0.1, 0.15) is 46.0 Å². The molecule has 2 aliphatic rings. The molecule has 1 N–H and O–H groups in total. The first-order chi connectivity index (χ1) is 9.73. The summed E-state index contributed by atoms with van der Waals surface area (Å²) in [6.07, 6.45) is 5.72. The second-order valence-corrected chi connectivity index (χ2v) is 6.35. The van der Waals surface area contributed by atoms with Crippen molar-refractivity contribution in [1.29, 1.82) is 5.26 Å². The minimum Gasteiger partial charge on any atom is -0.301 e. The average molecular weight is 278 g/mol. The lowest BCUT2D eigenvalue weighted by Crippen LogP contribution is -2.56. The van der Waals surface area contributed by atoms with Crippen LogP contribution in [0.5, 0.6) is 0 Å². The first kappa shape index (κ1) is 15.8. The number of nitriles is 1. The Labute approximate surface area is 124 Å². The van der Waals surface area contributed by atoms with Crippen molar-refractivity contribution < 1.29 is 0 Å². The molecule has 0 aromatic heterocycles. The van der Waals surface area contributed by atoms with Gasteiger partial charge in [-0.25, -0.2) is 0 Å². The molecule has 0 aromatic carbocycles. The number of nitrogens with zero attached hydrogens (tertiary/aromatic N) is 3. The van der Waals surface area contributed by atoms with Gasteiger partial charge in [0.15, 0.2) is 0 Å². The number of rotatable bonds is 5. The van der Waals surface area contributed by atoms with E-state index < -0.39 is 0 Å². The highest BCUT2D eigenvalue weighted by atomic mass is 15.3. The van der Waals surface area contributed by atoms with E-state index in [-0.39, 0.29) is 5.54 Å². The van der Waals surface area contributed by atoms with Crippen LogP contribution in [0.3, 0.4) is 0 Å². The number of hydrogen-bond donors (Lipinski definition) is 1. The zero-order valence-corrected chi connectivity index (χ0v) is 13.2. The normalized spacial score (nSPS) is 33.0. The fourth-order valence-corrected chi connectivity index (χ4v) is 3.87. The van der Waals surface area contributed by atoms with Crippen LogP contribution in [0.25, 0.3) is 0 Å². The van der Waals surface area contributed by atoms with Crippen LogP contribution in [0.4, 0.5) is 0 Å². The van der Waals surface area contributed by atoms with Gasteiger partial charge in [0.25, 0.3) is 0 Å². The molecule has 1 aliphatic carbocycles. The van der Waals surface area contributed by atoms with Crippen molar-refractivity contribution in [3.63, 3.8) is 0 Å². The van der Waals surface area contributed by atoms with Gasteiger partial charge in [0.1, 0.15) is 5.54 Å². The van der Waals surface area contributed by atoms with E-state index >= 15 is 0 Å². The third-order valence-electron chi connectivity index (χ3n) is 4.92. The van der Waals surface area contributed by atoms with Gasteiger partial charge in [-0.05, 0) is 45.2 Å². The predicted molar refractivity (Wildman–Crippen MR) is 82.6 cm³/mol. The van der Waals surface area contributed by atoms with Crippen molar-refractivity contribution in [2.45, 2.75) is 57.5 Å². The monoisotopic (exact) mass is 278 g/mol. The highest BCUT2D eigenvalue weighted by molar-refractivity contribution is 5.11. The Morgan fingerprint density at radius 3 is 2.60 bits per heavy atom.